The first-order chi connectivity index (χ1) is 17.0. The van der Waals surface area contributed by atoms with Crippen molar-refractivity contribution in [2.45, 2.75) is 45.2 Å². The Kier molecular flexibility index (Phi) is 7.02. The average Bonchev–Trinajstić information content (AvgIpc) is 3.40. The quantitative estimate of drug-likeness (QED) is 0.704. The Labute approximate surface area is 207 Å². The number of carbonyl (C=O) groups excluding carboxylic acids is 2. The Morgan fingerprint density at radius 3 is 2.26 bits per heavy atom. The maximum absolute atomic E-state index is 13.2. The molecule has 0 aliphatic carbocycles. The third-order valence-corrected chi connectivity index (χ3v) is 7.76. The first-order valence-electron chi connectivity index (χ1n) is 12.8. The van der Waals surface area contributed by atoms with Gasteiger partial charge in [-0.15, -0.1) is 0 Å². The zero-order valence-electron chi connectivity index (χ0n) is 20.7. The van der Waals surface area contributed by atoms with Crippen molar-refractivity contribution in [3.63, 3.8) is 0 Å². The summed E-state index contributed by atoms with van der Waals surface area (Å²) >= 11 is 0. The van der Waals surface area contributed by atoms with E-state index in [-0.39, 0.29) is 29.8 Å². The van der Waals surface area contributed by atoms with Gasteiger partial charge in [-0.3, -0.25) is 14.6 Å². The van der Waals surface area contributed by atoms with E-state index in [0.29, 0.717) is 19.5 Å². The molecule has 2 unspecified atom stereocenters. The van der Waals surface area contributed by atoms with Crippen molar-refractivity contribution in [3.05, 3.63) is 59.4 Å². The van der Waals surface area contributed by atoms with Gasteiger partial charge < -0.3 is 14.7 Å². The van der Waals surface area contributed by atoms with Crippen LogP contribution in [-0.2, 0) is 9.59 Å². The number of carbonyl (C=O) groups is 2. The molecule has 2 N–H and O–H groups in total. The van der Waals surface area contributed by atoms with Crippen LogP contribution in [-0.4, -0.2) is 71.9 Å². The molecular weight excluding hydrogens is 440 g/mol. The minimum atomic E-state index is -0.237. The van der Waals surface area contributed by atoms with Gasteiger partial charge in [0, 0.05) is 69.3 Å². The third kappa shape index (κ3) is 5.18. The largest absolute Gasteiger partial charge is 0.368 e. The first-order valence-corrected chi connectivity index (χ1v) is 12.8. The van der Waals surface area contributed by atoms with Gasteiger partial charge >= 0.3 is 0 Å². The van der Waals surface area contributed by atoms with Gasteiger partial charge in [-0.25, -0.2) is 10.9 Å². The molecular formula is C27H36N6O2. The number of piperidine rings is 1. The van der Waals surface area contributed by atoms with Gasteiger partial charge in [-0.1, -0.05) is 12.1 Å². The Morgan fingerprint density at radius 2 is 1.54 bits per heavy atom. The highest BCUT2D eigenvalue weighted by Gasteiger charge is 2.36. The molecule has 1 aromatic carbocycles. The molecule has 2 aromatic rings. The Hall–Kier alpha value is -2.97. The van der Waals surface area contributed by atoms with Gasteiger partial charge in [0.15, 0.2) is 0 Å². The fourth-order valence-electron chi connectivity index (χ4n) is 5.59. The fourth-order valence-corrected chi connectivity index (χ4v) is 5.59. The van der Waals surface area contributed by atoms with Crippen LogP contribution in [0.5, 0.6) is 0 Å². The number of hydrogen-bond donors (Lipinski definition) is 2. The summed E-state index contributed by atoms with van der Waals surface area (Å²) in [5.41, 5.74) is 11.4. The molecule has 35 heavy (non-hydrogen) atoms. The topological polar surface area (TPSA) is 80.8 Å². The van der Waals surface area contributed by atoms with E-state index in [1.54, 1.807) is 12.4 Å². The average molecular weight is 477 g/mol. The number of aryl methyl sites for hydroxylation is 2. The van der Waals surface area contributed by atoms with E-state index >= 15 is 0 Å². The van der Waals surface area contributed by atoms with Crippen LogP contribution in [0.1, 0.15) is 42.0 Å². The Morgan fingerprint density at radius 1 is 0.857 bits per heavy atom. The molecule has 0 radical (unpaired) electrons. The maximum atomic E-state index is 13.2. The van der Waals surface area contributed by atoms with E-state index in [1.807, 2.05) is 21.9 Å². The molecule has 2 amide bonds. The molecule has 0 bridgehead atoms. The summed E-state index contributed by atoms with van der Waals surface area (Å²) in [7, 11) is 0. The lowest BCUT2D eigenvalue weighted by atomic mass is 9.94. The van der Waals surface area contributed by atoms with Gasteiger partial charge in [-0.05, 0) is 68.0 Å². The van der Waals surface area contributed by atoms with Crippen LogP contribution in [0.4, 0.5) is 5.69 Å². The number of pyridine rings is 1. The predicted molar refractivity (Wildman–Crippen MR) is 136 cm³/mol. The summed E-state index contributed by atoms with van der Waals surface area (Å²) in [5.74, 6) is 0.406. The number of rotatable bonds is 4. The molecule has 3 aliphatic rings. The third-order valence-electron chi connectivity index (χ3n) is 7.76. The van der Waals surface area contributed by atoms with E-state index < -0.39 is 0 Å². The first kappa shape index (κ1) is 23.8. The normalized spacial score (nSPS) is 23.5. The Balaban J connectivity index is 1.09. The van der Waals surface area contributed by atoms with Crippen molar-refractivity contribution in [1.29, 1.82) is 0 Å². The summed E-state index contributed by atoms with van der Waals surface area (Å²) in [4.78, 5) is 36.7. The second-order valence-corrected chi connectivity index (χ2v) is 10.1. The summed E-state index contributed by atoms with van der Waals surface area (Å²) < 4.78 is 0. The van der Waals surface area contributed by atoms with Crippen molar-refractivity contribution in [2.75, 3.05) is 44.2 Å². The van der Waals surface area contributed by atoms with Crippen LogP contribution in [0.3, 0.4) is 0 Å². The second-order valence-electron chi connectivity index (χ2n) is 10.1. The zero-order valence-corrected chi connectivity index (χ0v) is 20.7. The van der Waals surface area contributed by atoms with Crippen LogP contribution in [0.2, 0.25) is 0 Å². The van der Waals surface area contributed by atoms with Crippen molar-refractivity contribution in [2.24, 2.45) is 5.92 Å². The van der Waals surface area contributed by atoms with Crippen molar-refractivity contribution >= 4 is 17.5 Å². The molecule has 0 saturated carbocycles. The minimum absolute atomic E-state index is 0.0190. The number of nitrogens with one attached hydrogen (secondary N) is 2. The van der Waals surface area contributed by atoms with E-state index in [4.69, 9.17) is 0 Å². The van der Waals surface area contributed by atoms with Crippen LogP contribution >= 0.6 is 0 Å². The summed E-state index contributed by atoms with van der Waals surface area (Å²) in [6, 6.07) is 10.4. The lowest BCUT2D eigenvalue weighted by Gasteiger charge is -2.40. The summed E-state index contributed by atoms with van der Waals surface area (Å²) in [5, 5.41) is 0. The Bertz CT molecular complexity index is 1040. The van der Waals surface area contributed by atoms with Crippen molar-refractivity contribution in [1.82, 2.24) is 25.6 Å². The number of amides is 2. The highest BCUT2D eigenvalue weighted by molar-refractivity contribution is 5.83. The molecule has 3 aliphatic heterocycles. The number of aromatic nitrogens is 1. The number of hydrogen-bond acceptors (Lipinski definition) is 6. The minimum Gasteiger partial charge on any atom is -0.368 e. The highest BCUT2D eigenvalue weighted by atomic mass is 16.2. The monoisotopic (exact) mass is 476 g/mol. The van der Waals surface area contributed by atoms with Gasteiger partial charge in [0.05, 0.1) is 0 Å². The van der Waals surface area contributed by atoms with Crippen molar-refractivity contribution < 1.29 is 9.59 Å². The molecule has 1 aromatic heterocycles. The molecule has 3 fully saturated rings. The second kappa shape index (κ2) is 10.3. The van der Waals surface area contributed by atoms with E-state index in [9.17, 15) is 9.59 Å². The molecule has 8 heteroatoms. The van der Waals surface area contributed by atoms with E-state index in [2.05, 4.69) is 52.8 Å². The lowest BCUT2D eigenvalue weighted by Crippen LogP contribution is -2.53. The molecule has 2 atom stereocenters. The van der Waals surface area contributed by atoms with Crippen LogP contribution < -0.4 is 15.8 Å². The number of benzene rings is 1. The number of likely N-dealkylation sites (tertiary alicyclic amines) is 1. The molecule has 5 rings (SSSR count). The van der Waals surface area contributed by atoms with Gasteiger partial charge in [0.25, 0.3) is 0 Å². The number of nitrogens with zero attached hydrogens (tertiary/aromatic N) is 4. The zero-order chi connectivity index (χ0) is 24.4. The van der Waals surface area contributed by atoms with Crippen LogP contribution in [0, 0.1) is 19.8 Å². The van der Waals surface area contributed by atoms with Gasteiger partial charge in [-0.2, -0.15) is 0 Å². The summed E-state index contributed by atoms with van der Waals surface area (Å²) in [6.45, 7) is 8.83. The molecule has 8 nitrogen and oxygen atoms in total. The smallest absolute Gasteiger partial charge is 0.241 e. The van der Waals surface area contributed by atoms with Gasteiger partial charge in [0.1, 0.15) is 6.04 Å². The molecule has 186 valence electrons. The highest BCUT2D eigenvalue weighted by Crippen LogP contribution is 2.27. The molecule has 3 saturated heterocycles. The predicted octanol–water partition coefficient (Wildman–Crippen LogP) is 2.19. The molecule has 0 spiro atoms. The number of hydrazine groups is 1. The van der Waals surface area contributed by atoms with Crippen LogP contribution in [0.15, 0.2) is 42.7 Å². The SMILES string of the molecule is Cc1ccc(C)c(N2CCN(C(=O)C3CCN(C(=O)C4CC(c5ccncc5)NN4)CC3)CC2)c1. The summed E-state index contributed by atoms with van der Waals surface area (Å²) in [6.07, 6.45) is 5.76. The van der Waals surface area contributed by atoms with E-state index in [1.165, 1.54) is 16.8 Å². The van der Waals surface area contributed by atoms with E-state index in [0.717, 1.165) is 44.6 Å². The van der Waals surface area contributed by atoms with Gasteiger partial charge in [0.2, 0.25) is 11.8 Å². The standard InChI is InChI=1S/C27H36N6O2/c1-19-3-4-20(2)25(17-19)31-13-15-33(16-14-31)26(34)22-7-11-32(12-8-22)27(35)24-18-23(29-30-24)21-5-9-28-10-6-21/h3-6,9-10,17,22-24,29-30H,7-8,11-16,18H2,1-2H3. The number of piperazine rings is 1. The lowest BCUT2D eigenvalue weighted by molar-refractivity contribution is -0.141. The molecule has 4 heterocycles. The van der Waals surface area contributed by atoms with Crippen LogP contribution in [0.25, 0.3) is 0 Å². The van der Waals surface area contributed by atoms with Crippen molar-refractivity contribution in [3.8, 4) is 0 Å². The maximum Gasteiger partial charge on any atom is 0.241 e. The fraction of sp³-hybridized carbons (Fsp3) is 0.519. The number of anilines is 1.